The van der Waals surface area contributed by atoms with Crippen LogP contribution in [-0.4, -0.2) is 54.6 Å². The summed E-state index contributed by atoms with van der Waals surface area (Å²) in [5.41, 5.74) is 7.11. The van der Waals surface area contributed by atoms with Gasteiger partial charge in [0.25, 0.3) is 0 Å². The largest absolute Gasteiger partial charge is 0.341 e. The molecule has 5 nitrogen and oxygen atoms in total. The monoisotopic (exact) mass is 291 g/mol. The Morgan fingerprint density at radius 2 is 1.90 bits per heavy atom. The summed E-state index contributed by atoms with van der Waals surface area (Å²) in [5, 5.41) is 0. The second-order valence-electron chi connectivity index (χ2n) is 6.46. The van der Waals surface area contributed by atoms with E-state index in [-0.39, 0.29) is 6.04 Å². The molecule has 0 radical (unpaired) electrons. The van der Waals surface area contributed by atoms with E-state index in [1.54, 1.807) is 0 Å². The van der Waals surface area contributed by atoms with Crippen molar-refractivity contribution in [2.75, 3.05) is 38.6 Å². The lowest BCUT2D eigenvalue weighted by molar-refractivity contribution is 0.284. The van der Waals surface area contributed by atoms with E-state index in [0.29, 0.717) is 0 Å². The molecule has 0 aliphatic carbocycles. The lowest BCUT2D eigenvalue weighted by Crippen LogP contribution is -2.38. The van der Waals surface area contributed by atoms with Gasteiger partial charge in [-0.2, -0.15) is 0 Å². The highest BCUT2D eigenvalue weighted by atomic mass is 15.2. The molecule has 1 aromatic heterocycles. The molecule has 2 rings (SSSR count). The molecular weight excluding hydrogens is 262 g/mol. The Hall–Kier alpha value is -1.20. The first-order chi connectivity index (χ1) is 10.1. The van der Waals surface area contributed by atoms with Gasteiger partial charge < -0.3 is 15.5 Å². The summed E-state index contributed by atoms with van der Waals surface area (Å²) in [4.78, 5) is 13.6. The van der Waals surface area contributed by atoms with Gasteiger partial charge in [-0.3, -0.25) is 0 Å². The first-order valence-electron chi connectivity index (χ1n) is 8.04. The van der Waals surface area contributed by atoms with Crippen molar-refractivity contribution in [3.8, 4) is 0 Å². The van der Waals surface area contributed by atoms with Crippen molar-refractivity contribution < 1.29 is 0 Å². The normalized spacial score (nSPS) is 18.2. The van der Waals surface area contributed by atoms with E-state index in [1.165, 1.54) is 19.4 Å². The van der Waals surface area contributed by atoms with E-state index >= 15 is 0 Å². The van der Waals surface area contributed by atoms with Crippen molar-refractivity contribution in [3.63, 3.8) is 0 Å². The van der Waals surface area contributed by atoms with Gasteiger partial charge in [0.2, 0.25) is 5.95 Å². The lowest BCUT2D eigenvalue weighted by Gasteiger charge is -2.33. The summed E-state index contributed by atoms with van der Waals surface area (Å²) < 4.78 is 0. The number of hydrogen-bond acceptors (Lipinski definition) is 5. The Kier molecular flexibility index (Phi) is 5.94. The Labute approximate surface area is 128 Å². The molecule has 0 spiro atoms. The van der Waals surface area contributed by atoms with Crippen LogP contribution in [0.5, 0.6) is 0 Å². The predicted molar refractivity (Wildman–Crippen MR) is 87.5 cm³/mol. The summed E-state index contributed by atoms with van der Waals surface area (Å²) in [7, 11) is 4.30. The van der Waals surface area contributed by atoms with Crippen LogP contribution in [0.2, 0.25) is 0 Å². The number of nitrogens with zero attached hydrogens (tertiary/aromatic N) is 4. The van der Waals surface area contributed by atoms with Gasteiger partial charge in [-0.25, -0.2) is 9.97 Å². The fourth-order valence-electron chi connectivity index (χ4n) is 2.90. The van der Waals surface area contributed by atoms with Gasteiger partial charge in [0.15, 0.2) is 0 Å². The molecule has 0 amide bonds. The third-order valence-corrected chi connectivity index (χ3v) is 4.23. The van der Waals surface area contributed by atoms with Crippen molar-refractivity contribution in [2.24, 2.45) is 11.7 Å². The molecule has 0 saturated carbocycles. The number of anilines is 1. The standard InChI is InChI=1S/C16H29N5/c1-4-15(17)9-14-10-18-16(19-11-14)21-7-5-13(6-8-21)12-20(2)3/h10-11,13,15H,4-9,12,17H2,1-3H3. The topological polar surface area (TPSA) is 58.3 Å². The minimum absolute atomic E-state index is 0.209. The zero-order valence-electron chi connectivity index (χ0n) is 13.6. The molecule has 0 aromatic carbocycles. The second kappa shape index (κ2) is 7.71. The fourth-order valence-corrected chi connectivity index (χ4v) is 2.90. The van der Waals surface area contributed by atoms with Gasteiger partial charge in [0, 0.05) is 38.1 Å². The van der Waals surface area contributed by atoms with Crippen LogP contribution in [-0.2, 0) is 6.42 Å². The maximum Gasteiger partial charge on any atom is 0.225 e. The van der Waals surface area contributed by atoms with Crippen LogP contribution < -0.4 is 10.6 Å². The van der Waals surface area contributed by atoms with Gasteiger partial charge in [-0.05, 0) is 51.3 Å². The summed E-state index contributed by atoms with van der Waals surface area (Å²) in [5.74, 6) is 1.67. The average Bonchev–Trinajstić information content (AvgIpc) is 2.48. The summed E-state index contributed by atoms with van der Waals surface area (Å²) >= 11 is 0. The molecule has 0 bridgehead atoms. The smallest absolute Gasteiger partial charge is 0.225 e. The molecule has 1 aromatic rings. The first-order valence-corrected chi connectivity index (χ1v) is 8.04. The van der Waals surface area contributed by atoms with E-state index in [9.17, 15) is 0 Å². The predicted octanol–water partition coefficient (Wildman–Crippen LogP) is 1.53. The molecular formula is C16H29N5. The van der Waals surface area contributed by atoms with Crippen LogP contribution >= 0.6 is 0 Å². The highest BCUT2D eigenvalue weighted by Crippen LogP contribution is 2.21. The highest BCUT2D eigenvalue weighted by molar-refractivity contribution is 5.30. The van der Waals surface area contributed by atoms with Crippen molar-refractivity contribution in [1.29, 1.82) is 0 Å². The quantitative estimate of drug-likeness (QED) is 0.861. The third kappa shape index (κ3) is 4.93. The van der Waals surface area contributed by atoms with Crippen molar-refractivity contribution in [3.05, 3.63) is 18.0 Å². The molecule has 5 heteroatoms. The lowest BCUT2D eigenvalue weighted by atomic mass is 9.97. The zero-order chi connectivity index (χ0) is 15.2. The second-order valence-corrected chi connectivity index (χ2v) is 6.46. The molecule has 1 aliphatic rings. The van der Waals surface area contributed by atoms with Crippen LogP contribution in [0.25, 0.3) is 0 Å². The van der Waals surface area contributed by atoms with Gasteiger partial charge in [0.1, 0.15) is 0 Å². The molecule has 118 valence electrons. The molecule has 1 aliphatic heterocycles. The Morgan fingerprint density at radius 3 is 2.43 bits per heavy atom. The van der Waals surface area contributed by atoms with Crippen LogP contribution in [0, 0.1) is 5.92 Å². The van der Waals surface area contributed by atoms with Crippen LogP contribution in [0.1, 0.15) is 31.7 Å². The first kappa shape index (κ1) is 16.2. The van der Waals surface area contributed by atoms with E-state index in [0.717, 1.165) is 43.4 Å². The van der Waals surface area contributed by atoms with E-state index < -0.39 is 0 Å². The number of hydrogen-bond donors (Lipinski definition) is 1. The zero-order valence-corrected chi connectivity index (χ0v) is 13.6. The Balaban J connectivity index is 1.86. The van der Waals surface area contributed by atoms with E-state index in [1.807, 2.05) is 12.4 Å². The third-order valence-electron chi connectivity index (χ3n) is 4.23. The number of rotatable bonds is 6. The number of nitrogens with two attached hydrogens (primary N) is 1. The maximum absolute atomic E-state index is 5.97. The molecule has 2 N–H and O–H groups in total. The molecule has 2 heterocycles. The Bertz CT molecular complexity index is 409. The van der Waals surface area contributed by atoms with Crippen molar-refractivity contribution in [1.82, 2.24) is 14.9 Å². The minimum atomic E-state index is 0.209. The van der Waals surface area contributed by atoms with Gasteiger partial charge in [-0.15, -0.1) is 0 Å². The van der Waals surface area contributed by atoms with Gasteiger partial charge >= 0.3 is 0 Å². The summed E-state index contributed by atoms with van der Waals surface area (Å²) in [6, 6.07) is 0.209. The highest BCUT2D eigenvalue weighted by Gasteiger charge is 2.21. The van der Waals surface area contributed by atoms with Crippen LogP contribution in [0.4, 0.5) is 5.95 Å². The summed E-state index contributed by atoms with van der Waals surface area (Å²) in [6.07, 6.45) is 8.17. The van der Waals surface area contributed by atoms with Crippen molar-refractivity contribution >= 4 is 5.95 Å². The maximum atomic E-state index is 5.97. The SMILES string of the molecule is CCC(N)Cc1cnc(N2CCC(CN(C)C)CC2)nc1. The van der Waals surface area contributed by atoms with Gasteiger partial charge in [-0.1, -0.05) is 6.92 Å². The van der Waals surface area contributed by atoms with Gasteiger partial charge in [0.05, 0.1) is 0 Å². The Morgan fingerprint density at radius 1 is 1.29 bits per heavy atom. The minimum Gasteiger partial charge on any atom is -0.341 e. The number of aromatic nitrogens is 2. The number of piperidine rings is 1. The fraction of sp³-hybridized carbons (Fsp3) is 0.750. The molecule has 1 atom stereocenters. The molecule has 1 fully saturated rings. The van der Waals surface area contributed by atoms with Crippen molar-refractivity contribution in [2.45, 2.75) is 38.6 Å². The molecule has 1 saturated heterocycles. The van der Waals surface area contributed by atoms with E-state index in [4.69, 9.17) is 5.73 Å². The molecule has 21 heavy (non-hydrogen) atoms. The van der Waals surface area contributed by atoms with E-state index in [2.05, 4.69) is 40.8 Å². The van der Waals surface area contributed by atoms with Crippen LogP contribution in [0.3, 0.4) is 0 Å². The van der Waals surface area contributed by atoms with Crippen LogP contribution in [0.15, 0.2) is 12.4 Å². The summed E-state index contributed by atoms with van der Waals surface area (Å²) in [6.45, 7) is 5.42. The molecule has 1 unspecified atom stereocenters. The average molecular weight is 291 g/mol.